The molecule has 0 atom stereocenters. The molecule has 1 saturated carbocycles. The van der Waals surface area contributed by atoms with E-state index in [9.17, 15) is 14.4 Å². The van der Waals surface area contributed by atoms with E-state index in [2.05, 4.69) is 10.6 Å². The largest absolute Gasteiger partial charge is 0.375 e. The van der Waals surface area contributed by atoms with Crippen LogP contribution in [0.15, 0.2) is 59.3 Å². The maximum Gasteiger partial charge on any atom is 0.278 e. The molecule has 172 valence electrons. The molecule has 3 amide bonds. The van der Waals surface area contributed by atoms with Gasteiger partial charge in [0.05, 0.1) is 6.54 Å². The zero-order chi connectivity index (χ0) is 23.4. The van der Waals surface area contributed by atoms with Gasteiger partial charge in [-0.1, -0.05) is 66.7 Å². The molecule has 0 bridgehead atoms. The summed E-state index contributed by atoms with van der Waals surface area (Å²) in [6.07, 6.45) is 5.62. The van der Waals surface area contributed by atoms with Gasteiger partial charge in [-0.2, -0.15) is 0 Å². The molecule has 2 aromatic rings. The number of nitrogens with zero attached hydrogens (tertiary/aromatic N) is 1. The van der Waals surface area contributed by atoms with Crippen molar-refractivity contribution in [3.05, 3.63) is 81.0 Å². The van der Waals surface area contributed by atoms with Crippen LogP contribution >= 0.6 is 23.2 Å². The van der Waals surface area contributed by atoms with Crippen LogP contribution in [0.25, 0.3) is 0 Å². The van der Waals surface area contributed by atoms with Gasteiger partial charge in [-0.25, -0.2) is 0 Å². The van der Waals surface area contributed by atoms with Crippen molar-refractivity contribution in [2.45, 2.75) is 51.2 Å². The molecule has 2 aromatic carbocycles. The van der Waals surface area contributed by atoms with Gasteiger partial charge in [-0.15, -0.1) is 0 Å². The second-order valence-electron chi connectivity index (χ2n) is 8.37. The van der Waals surface area contributed by atoms with Crippen LogP contribution in [0.1, 0.15) is 53.6 Å². The van der Waals surface area contributed by atoms with Crippen molar-refractivity contribution in [1.29, 1.82) is 0 Å². The summed E-state index contributed by atoms with van der Waals surface area (Å²) in [7, 11) is 0. The number of hydrogen-bond donors (Lipinski definition) is 2. The second-order valence-corrected chi connectivity index (χ2v) is 9.19. The van der Waals surface area contributed by atoms with Crippen LogP contribution in [0.4, 0.5) is 0 Å². The van der Waals surface area contributed by atoms with Crippen LogP contribution in [-0.2, 0) is 22.7 Å². The number of rotatable bonds is 7. The van der Waals surface area contributed by atoms with Crippen molar-refractivity contribution in [2.75, 3.05) is 0 Å². The van der Waals surface area contributed by atoms with Gasteiger partial charge in [0.15, 0.2) is 0 Å². The Labute approximate surface area is 202 Å². The fourth-order valence-electron chi connectivity index (χ4n) is 4.10. The van der Waals surface area contributed by atoms with E-state index >= 15 is 0 Å². The minimum Gasteiger partial charge on any atom is -0.375 e. The van der Waals surface area contributed by atoms with E-state index in [1.807, 2.05) is 12.1 Å². The fraction of sp³-hybridized carbons (Fsp3) is 0.320. The summed E-state index contributed by atoms with van der Waals surface area (Å²) in [6, 6.07) is 14.4. The van der Waals surface area contributed by atoms with E-state index in [0.717, 1.165) is 41.7 Å². The van der Waals surface area contributed by atoms with Crippen molar-refractivity contribution in [3.8, 4) is 0 Å². The third-order valence-corrected chi connectivity index (χ3v) is 6.59. The maximum absolute atomic E-state index is 12.8. The molecule has 4 rings (SSSR count). The lowest BCUT2D eigenvalue weighted by Gasteiger charge is -2.22. The highest BCUT2D eigenvalue weighted by molar-refractivity contribution is 6.47. The number of hydrogen-bond acceptors (Lipinski definition) is 4. The number of benzene rings is 2. The Morgan fingerprint density at radius 2 is 1.52 bits per heavy atom. The molecular weight excluding hydrogens is 461 g/mol. The van der Waals surface area contributed by atoms with Crippen LogP contribution in [0.3, 0.4) is 0 Å². The van der Waals surface area contributed by atoms with Crippen LogP contribution in [-0.4, -0.2) is 28.7 Å². The first-order chi connectivity index (χ1) is 15.9. The molecule has 2 aliphatic rings. The summed E-state index contributed by atoms with van der Waals surface area (Å²) in [5, 5.41) is 6.53. The van der Waals surface area contributed by atoms with Crippen molar-refractivity contribution < 1.29 is 14.4 Å². The topological polar surface area (TPSA) is 78.5 Å². The normalized spacial score (nSPS) is 17.0. The lowest BCUT2D eigenvalue weighted by Crippen LogP contribution is -2.36. The van der Waals surface area contributed by atoms with Crippen molar-refractivity contribution >= 4 is 40.9 Å². The third-order valence-electron chi connectivity index (χ3n) is 5.99. The molecule has 1 aliphatic carbocycles. The second kappa shape index (κ2) is 10.4. The van der Waals surface area contributed by atoms with Crippen LogP contribution in [0.2, 0.25) is 5.02 Å². The van der Waals surface area contributed by atoms with Gasteiger partial charge in [-0.05, 0) is 48.2 Å². The van der Waals surface area contributed by atoms with Gasteiger partial charge >= 0.3 is 0 Å². The van der Waals surface area contributed by atoms with Crippen LogP contribution in [0, 0.1) is 0 Å². The molecular formula is C25H25Cl2N3O3. The molecule has 1 heterocycles. The van der Waals surface area contributed by atoms with Crippen LogP contribution < -0.4 is 10.6 Å². The first-order valence-electron chi connectivity index (χ1n) is 11.1. The third kappa shape index (κ3) is 5.57. The monoisotopic (exact) mass is 485 g/mol. The molecule has 0 unspecified atom stereocenters. The SMILES string of the molecule is O=C(NC1CCCCC1)c1ccc(CNC2=C(Cl)C(=O)N(Cc3ccc(Cl)cc3)C2=O)cc1. The summed E-state index contributed by atoms with van der Waals surface area (Å²) >= 11 is 12.1. The van der Waals surface area contributed by atoms with E-state index in [1.165, 1.54) is 6.42 Å². The van der Waals surface area contributed by atoms with Gasteiger partial charge in [0.2, 0.25) is 0 Å². The Bertz CT molecular complexity index is 1080. The van der Waals surface area contributed by atoms with Crippen molar-refractivity contribution in [1.82, 2.24) is 15.5 Å². The van der Waals surface area contributed by atoms with Crippen LogP contribution in [0.5, 0.6) is 0 Å². The van der Waals surface area contributed by atoms with E-state index in [4.69, 9.17) is 23.2 Å². The molecule has 0 radical (unpaired) electrons. The lowest BCUT2D eigenvalue weighted by molar-refractivity contribution is -0.138. The molecule has 0 spiro atoms. The van der Waals surface area contributed by atoms with Gasteiger partial charge < -0.3 is 10.6 Å². The smallest absolute Gasteiger partial charge is 0.278 e. The number of carbonyl (C=O) groups is 3. The zero-order valence-corrected chi connectivity index (χ0v) is 19.6. The van der Waals surface area contributed by atoms with E-state index < -0.39 is 11.8 Å². The molecule has 33 heavy (non-hydrogen) atoms. The van der Waals surface area contributed by atoms with Gasteiger partial charge in [0.1, 0.15) is 10.7 Å². The highest BCUT2D eigenvalue weighted by Crippen LogP contribution is 2.25. The highest BCUT2D eigenvalue weighted by Gasteiger charge is 2.37. The van der Waals surface area contributed by atoms with E-state index in [-0.39, 0.29) is 29.2 Å². The maximum atomic E-state index is 12.8. The predicted octanol–water partition coefficient (Wildman–Crippen LogP) is 4.51. The molecule has 2 N–H and O–H groups in total. The summed E-state index contributed by atoms with van der Waals surface area (Å²) in [5.41, 5.74) is 2.31. The molecule has 0 aromatic heterocycles. The summed E-state index contributed by atoms with van der Waals surface area (Å²) in [5.74, 6) is -1.07. The number of nitrogens with one attached hydrogen (secondary N) is 2. The van der Waals surface area contributed by atoms with Gasteiger partial charge in [-0.3, -0.25) is 19.3 Å². The van der Waals surface area contributed by atoms with Crippen molar-refractivity contribution in [2.24, 2.45) is 0 Å². The minimum atomic E-state index is -0.533. The van der Waals surface area contributed by atoms with E-state index in [1.54, 1.807) is 36.4 Å². The molecule has 6 nitrogen and oxygen atoms in total. The molecule has 8 heteroatoms. The first-order valence-corrected chi connectivity index (χ1v) is 11.8. The average molecular weight is 486 g/mol. The number of halogens is 2. The number of imide groups is 1. The zero-order valence-electron chi connectivity index (χ0n) is 18.1. The first kappa shape index (κ1) is 23.3. The predicted molar refractivity (Wildman–Crippen MR) is 128 cm³/mol. The minimum absolute atomic E-state index is 0.0680. The Hall–Kier alpha value is -2.83. The van der Waals surface area contributed by atoms with E-state index in [0.29, 0.717) is 17.1 Å². The van der Waals surface area contributed by atoms with Gasteiger partial charge in [0, 0.05) is 23.2 Å². The average Bonchev–Trinajstić information content (AvgIpc) is 3.03. The lowest BCUT2D eigenvalue weighted by atomic mass is 9.95. The number of amides is 3. The summed E-state index contributed by atoms with van der Waals surface area (Å²) in [4.78, 5) is 38.8. The van der Waals surface area contributed by atoms with Gasteiger partial charge in [0.25, 0.3) is 17.7 Å². The molecule has 1 aliphatic heterocycles. The molecule has 1 fully saturated rings. The standard InChI is InChI=1S/C25H25Cl2N3O3/c26-19-12-8-17(9-13-19)15-30-24(32)21(27)22(25(30)33)28-14-16-6-10-18(11-7-16)23(31)29-20-4-2-1-3-5-20/h6-13,20,28H,1-5,14-15H2,(H,29,31). The number of carbonyl (C=O) groups excluding carboxylic acids is 3. The Morgan fingerprint density at radius 1 is 0.879 bits per heavy atom. The van der Waals surface area contributed by atoms with Crippen molar-refractivity contribution in [3.63, 3.8) is 0 Å². The Balaban J connectivity index is 1.34. The molecule has 0 saturated heterocycles. The summed E-state index contributed by atoms with van der Waals surface area (Å²) < 4.78 is 0. The highest BCUT2D eigenvalue weighted by atomic mass is 35.5. The fourth-order valence-corrected chi connectivity index (χ4v) is 4.47. The summed E-state index contributed by atoms with van der Waals surface area (Å²) in [6.45, 7) is 0.408. The Kier molecular flexibility index (Phi) is 7.36. The Morgan fingerprint density at radius 3 is 2.18 bits per heavy atom. The quantitative estimate of drug-likeness (QED) is 0.565.